The van der Waals surface area contributed by atoms with Crippen LogP contribution in [-0.2, 0) is 14.3 Å². The van der Waals surface area contributed by atoms with Gasteiger partial charge < -0.3 is 20.3 Å². The van der Waals surface area contributed by atoms with Crippen LogP contribution in [0.2, 0.25) is 0 Å². The fraction of sp³-hybridized carbons (Fsp3) is 0.455. The molecule has 1 saturated heterocycles. The van der Waals surface area contributed by atoms with Gasteiger partial charge in [0, 0.05) is 6.42 Å². The van der Waals surface area contributed by atoms with Crippen molar-refractivity contribution in [1.29, 1.82) is 0 Å². The van der Waals surface area contributed by atoms with Crippen molar-refractivity contribution in [2.24, 2.45) is 0 Å². The zero-order valence-electron chi connectivity index (χ0n) is 10.4. The molecule has 0 aromatic carbocycles. The highest BCUT2D eigenvalue weighted by atomic mass is 16.6. The molecule has 106 valence electrons. The highest BCUT2D eigenvalue weighted by Crippen LogP contribution is 2.31. The zero-order chi connectivity index (χ0) is 14.1. The summed E-state index contributed by atoms with van der Waals surface area (Å²) in [5.74, 6) is 0.285. The summed E-state index contributed by atoms with van der Waals surface area (Å²) in [6.07, 6.45) is 1.50. The number of carbonyl (C=O) groups excluding carboxylic acids is 1. The Kier molecular flexibility index (Phi) is 3.20. The van der Waals surface area contributed by atoms with Gasteiger partial charge in [0.15, 0.2) is 11.5 Å². The molecule has 0 saturated carbocycles. The van der Waals surface area contributed by atoms with E-state index in [1.807, 2.05) is 0 Å². The molecule has 0 radical (unpaired) electrons. The molecule has 3 heterocycles. The van der Waals surface area contributed by atoms with Gasteiger partial charge in [0.05, 0.1) is 12.4 Å². The molecular formula is C11H13N5O4. The lowest BCUT2D eigenvalue weighted by atomic mass is 10.2. The van der Waals surface area contributed by atoms with E-state index in [0.29, 0.717) is 24.1 Å². The van der Waals surface area contributed by atoms with Crippen molar-refractivity contribution in [1.82, 2.24) is 19.5 Å². The molecule has 9 nitrogen and oxygen atoms in total. The molecule has 3 N–H and O–H groups in total. The third kappa shape index (κ3) is 2.06. The number of nitrogen functional groups attached to an aromatic ring is 1. The quantitative estimate of drug-likeness (QED) is 0.699. The average molecular weight is 279 g/mol. The molecular weight excluding hydrogens is 266 g/mol. The highest BCUT2D eigenvalue weighted by Gasteiger charge is 2.36. The average Bonchev–Trinajstić information content (AvgIpc) is 3.01. The Hall–Kier alpha value is -2.26. The third-order valence-corrected chi connectivity index (χ3v) is 3.23. The SMILES string of the molecule is Nc1ncnc2c1ncn2C1CC(O)C(COC=O)O1. The van der Waals surface area contributed by atoms with Gasteiger partial charge in [0.25, 0.3) is 6.47 Å². The number of hydrogen-bond acceptors (Lipinski definition) is 8. The number of fused-ring (bicyclic) bond motifs is 1. The third-order valence-electron chi connectivity index (χ3n) is 3.23. The van der Waals surface area contributed by atoms with Gasteiger partial charge in [-0.2, -0.15) is 0 Å². The molecule has 9 heteroatoms. The molecule has 1 aliphatic rings. The molecule has 0 aliphatic carbocycles. The Balaban J connectivity index is 1.85. The Bertz CT molecular complexity index is 630. The number of ether oxygens (including phenoxy) is 2. The van der Waals surface area contributed by atoms with Crippen molar-refractivity contribution in [3.05, 3.63) is 12.7 Å². The Labute approximate surface area is 113 Å². The summed E-state index contributed by atoms with van der Waals surface area (Å²) in [5, 5.41) is 9.90. The van der Waals surface area contributed by atoms with Crippen LogP contribution in [0.1, 0.15) is 12.6 Å². The Morgan fingerprint density at radius 2 is 2.40 bits per heavy atom. The second-order valence-corrected chi connectivity index (χ2v) is 4.44. The number of aliphatic hydroxyl groups excluding tert-OH is 1. The van der Waals surface area contributed by atoms with Gasteiger partial charge >= 0.3 is 0 Å². The topological polar surface area (TPSA) is 125 Å². The number of aromatic nitrogens is 4. The highest BCUT2D eigenvalue weighted by molar-refractivity contribution is 5.81. The summed E-state index contributed by atoms with van der Waals surface area (Å²) in [7, 11) is 0. The molecule has 0 amide bonds. The van der Waals surface area contributed by atoms with Crippen LogP contribution >= 0.6 is 0 Å². The molecule has 20 heavy (non-hydrogen) atoms. The van der Waals surface area contributed by atoms with E-state index in [0.717, 1.165) is 0 Å². The van der Waals surface area contributed by atoms with Crippen LogP contribution in [0.15, 0.2) is 12.7 Å². The van der Waals surface area contributed by atoms with Crippen LogP contribution < -0.4 is 5.73 Å². The number of anilines is 1. The van der Waals surface area contributed by atoms with Crippen molar-refractivity contribution in [2.75, 3.05) is 12.3 Å². The molecule has 3 atom stereocenters. The molecule has 2 aromatic rings. The van der Waals surface area contributed by atoms with E-state index >= 15 is 0 Å². The molecule has 0 bridgehead atoms. The summed E-state index contributed by atoms with van der Waals surface area (Å²) >= 11 is 0. The van der Waals surface area contributed by atoms with E-state index in [1.165, 1.54) is 12.7 Å². The van der Waals surface area contributed by atoms with E-state index in [4.69, 9.17) is 10.5 Å². The molecule has 1 fully saturated rings. The molecule has 3 rings (SSSR count). The van der Waals surface area contributed by atoms with Gasteiger partial charge in [-0.25, -0.2) is 15.0 Å². The Morgan fingerprint density at radius 1 is 1.55 bits per heavy atom. The summed E-state index contributed by atoms with van der Waals surface area (Å²) in [5.41, 5.74) is 6.73. The molecule has 1 aliphatic heterocycles. The maximum absolute atomic E-state index is 10.2. The van der Waals surface area contributed by atoms with Gasteiger partial charge in [-0.15, -0.1) is 0 Å². The first-order valence-electron chi connectivity index (χ1n) is 6.02. The van der Waals surface area contributed by atoms with Crippen LogP contribution in [0.4, 0.5) is 5.82 Å². The predicted molar refractivity (Wildman–Crippen MR) is 66.3 cm³/mol. The summed E-state index contributed by atoms with van der Waals surface area (Å²) in [6.45, 7) is 0.328. The lowest BCUT2D eigenvalue weighted by Gasteiger charge is -2.14. The minimum absolute atomic E-state index is 0.00488. The standard InChI is InChI=1S/C11H13N5O4/c12-10-9-11(14-3-13-10)16(4-15-9)8-1-6(18)7(20-8)2-19-5-17/h3-8,18H,1-2H2,(H2,12,13,14). The summed E-state index contributed by atoms with van der Waals surface area (Å²) < 4.78 is 12.0. The smallest absolute Gasteiger partial charge is 0.293 e. The van der Waals surface area contributed by atoms with E-state index < -0.39 is 18.4 Å². The largest absolute Gasteiger partial charge is 0.465 e. The molecule has 2 aromatic heterocycles. The van der Waals surface area contributed by atoms with Crippen LogP contribution in [0.3, 0.4) is 0 Å². The van der Waals surface area contributed by atoms with Gasteiger partial charge in [-0.1, -0.05) is 0 Å². The maximum atomic E-state index is 10.2. The molecule has 0 spiro atoms. The van der Waals surface area contributed by atoms with E-state index in [9.17, 15) is 9.90 Å². The van der Waals surface area contributed by atoms with Crippen LogP contribution in [-0.4, -0.2) is 49.9 Å². The van der Waals surface area contributed by atoms with Crippen molar-refractivity contribution in [2.45, 2.75) is 24.9 Å². The fourth-order valence-corrected chi connectivity index (χ4v) is 2.25. The minimum atomic E-state index is -0.725. The van der Waals surface area contributed by atoms with Crippen molar-refractivity contribution >= 4 is 23.5 Å². The number of rotatable bonds is 4. The van der Waals surface area contributed by atoms with Crippen molar-refractivity contribution < 1.29 is 19.4 Å². The number of nitrogens with two attached hydrogens (primary N) is 1. The first kappa shape index (κ1) is 12.8. The van der Waals surface area contributed by atoms with Gasteiger partial charge in [-0.05, 0) is 0 Å². The Morgan fingerprint density at radius 3 is 3.20 bits per heavy atom. The normalized spacial score (nSPS) is 25.9. The predicted octanol–water partition coefficient (Wildman–Crippen LogP) is -0.770. The molecule has 3 unspecified atom stereocenters. The van der Waals surface area contributed by atoms with Gasteiger partial charge in [-0.3, -0.25) is 9.36 Å². The number of nitrogens with zero attached hydrogens (tertiary/aromatic N) is 4. The lowest BCUT2D eigenvalue weighted by Crippen LogP contribution is -2.26. The lowest BCUT2D eigenvalue weighted by molar-refractivity contribution is -0.135. The van der Waals surface area contributed by atoms with E-state index in [2.05, 4.69) is 19.7 Å². The number of imidazole rings is 1. The van der Waals surface area contributed by atoms with Crippen LogP contribution in [0.25, 0.3) is 11.2 Å². The van der Waals surface area contributed by atoms with Crippen molar-refractivity contribution in [3.63, 3.8) is 0 Å². The maximum Gasteiger partial charge on any atom is 0.293 e. The minimum Gasteiger partial charge on any atom is -0.465 e. The van der Waals surface area contributed by atoms with Crippen LogP contribution in [0, 0.1) is 0 Å². The second kappa shape index (κ2) is 5.02. The van der Waals surface area contributed by atoms with Gasteiger partial charge in [0.2, 0.25) is 0 Å². The zero-order valence-corrected chi connectivity index (χ0v) is 10.4. The summed E-state index contributed by atoms with van der Waals surface area (Å²) in [6, 6.07) is 0. The first-order chi connectivity index (χ1) is 9.70. The summed E-state index contributed by atoms with van der Waals surface area (Å²) in [4.78, 5) is 22.3. The second-order valence-electron chi connectivity index (χ2n) is 4.44. The first-order valence-corrected chi connectivity index (χ1v) is 6.02. The van der Waals surface area contributed by atoms with Gasteiger partial charge in [0.1, 0.15) is 30.8 Å². The van der Waals surface area contributed by atoms with E-state index in [-0.39, 0.29) is 12.4 Å². The number of carbonyl (C=O) groups is 1. The van der Waals surface area contributed by atoms with E-state index in [1.54, 1.807) is 4.57 Å². The number of aliphatic hydroxyl groups is 1. The van der Waals surface area contributed by atoms with Crippen molar-refractivity contribution in [3.8, 4) is 0 Å². The number of hydrogen-bond donors (Lipinski definition) is 2. The monoisotopic (exact) mass is 279 g/mol. The fourth-order valence-electron chi connectivity index (χ4n) is 2.25. The van der Waals surface area contributed by atoms with Crippen LogP contribution in [0.5, 0.6) is 0 Å².